The van der Waals surface area contributed by atoms with Gasteiger partial charge in [0.2, 0.25) is 0 Å². The highest BCUT2D eigenvalue weighted by Crippen LogP contribution is 2.63. The molecular weight excluding hydrogens is 386 g/mol. The van der Waals surface area contributed by atoms with Crippen LogP contribution in [0.25, 0.3) is 33.4 Å². The molecule has 7 rings (SSSR count). The van der Waals surface area contributed by atoms with Crippen LogP contribution in [-0.4, -0.2) is 0 Å². The molecule has 0 amide bonds. The average molecular weight is 408 g/mol. The van der Waals surface area contributed by atoms with Crippen LogP contribution in [-0.2, 0) is 5.41 Å². The number of rotatable bonds is 1. The van der Waals surface area contributed by atoms with Crippen molar-refractivity contribution in [3.63, 3.8) is 0 Å². The molecule has 0 fully saturated rings. The van der Waals surface area contributed by atoms with E-state index in [9.17, 15) is 0 Å². The Hall–Kier alpha value is -4.10. The predicted octanol–water partition coefficient (Wildman–Crippen LogP) is 7.28. The second kappa shape index (κ2) is 6.21. The minimum Gasteiger partial charge on any atom is -0.399 e. The normalized spacial score (nSPS) is 14.0. The Morgan fingerprint density at radius 3 is 1.50 bits per heavy atom. The van der Waals surface area contributed by atoms with E-state index >= 15 is 0 Å². The van der Waals surface area contributed by atoms with Gasteiger partial charge in [-0.1, -0.05) is 103 Å². The Morgan fingerprint density at radius 2 is 0.875 bits per heavy atom. The van der Waals surface area contributed by atoms with Crippen molar-refractivity contribution in [3.05, 3.63) is 138 Å². The molecule has 5 aromatic rings. The van der Waals surface area contributed by atoms with Gasteiger partial charge in [0.05, 0.1) is 5.41 Å². The van der Waals surface area contributed by atoms with Crippen molar-refractivity contribution < 1.29 is 0 Å². The molecule has 1 heteroatoms. The maximum Gasteiger partial charge on any atom is 0.0725 e. The van der Waals surface area contributed by atoms with Gasteiger partial charge in [-0.05, 0) is 67.8 Å². The summed E-state index contributed by atoms with van der Waals surface area (Å²) in [5.41, 5.74) is 19.8. The van der Waals surface area contributed by atoms with Gasteiger partial charge in [0.15, 0.2) is 0 Å². The van der Waals surface area contributed by atoms with Crippen molar-refractivity contribution in [1.29, 1.82) is 0 Å². The van der Waals surface area contributed by atoms with E-state index in [1.165, 1.54) is 55.6 Å². The first-order valence-electron chi connectivity index (χ1n) is 11.1. The fraction of sp³-hybridized carbons (Fsp3) is 0.0323. The van der Waals surface area contributed by atoms with Gasteiger partial charge >= 0.3 is 0 Å². The molecule has 0 aliphatic heterocycles. The van der Waals surface area contributed by atoms with E-state index < -0.39 is 0 Å². The van der Waals surface area contributed by atoms with Gasteiger partial charge in [0, 0.05) is 5.69 Å². The third kappa shape index (κ3) is 2.03. The fourth-order valence-corrected chi connectivity index (χ4v) is 6.05. The van der Waals surface area contributed by atoms with Crippen molar-refractivity contribution in [3.8, 4) is 33.4 Å². The molecule has 0 aromatic heterocycles. The summed E-state index contributed by atoms with van der Waals surface area (Å²) in [6, 6.07) is 41.8. The summed E-state index contributed by atoms with van der Waals surface area (Å²) in [6.07, 6.45) is 0. The maximum absolute atomic E-state index is 5.99. The summed E-state index contributed by atoms with van der Waals surface area (Å²) in [7, 11) is 0. The Labute approximate surface area is 187 Å². The molecule has 150 valence electrons. The van der Waals surface area contributed by atoms with Crippen LogP contribution in [0.3, 0.4) is 0 Å². The van der Waals surface area contributed by atoms with Crippen LogP contribution < -0.4 is 5.73 Å². The molecule has 5 aromatic carbocycles. The summed E-state index contributed by atoms with van der Waals surface area (Å²) < 4.78 is 0. The molecule has 0 unspecified atom stereocenters. The molecule has 2 N–H and O–H groups in total. The molecule has 2 aliphatic carbocycles. The Morgan fingerprint density at radius 1 is 0.406 bits per heavy atom. The van der Waals surface area contributed by atoms with Gasteiger partial charge in [-0.25, -0.2) is 0 Å². The lowest BCUT2D eigenvalue weighted by Crippen LogP contribution is -2.25. The Kier molecular flexibility index (Phi) is 3.41. The van der Waals surface area contributed by atoms with Crippen LogP contribution in [0.5, 0.6) is 0 Å². The van der Waals surface area contributed by atoms with Crippen LogP contribution in [0.1, 0.15) is 22.3 Å². The summed E-state index contributed by atoms with van der Waals surface area (Å²) in [5, 5.41) is 0. The predicted molar refractivity (Wildman–Crippen MR) is 133 cm³/mol. The molecule has 0 saturated heterocycles. The van der Waals surface area contributed by atoms with E-state index in [0.29, 0.717) is 0 Å². The number of nitrogens with two attached hydrogens (primary N) is 1. The summed E-state index contributed by atoms with van der Waals surface area (Å²) in [5.74, 6) is 0. The lowest BCUT2D eigenvalue weighted by atomic mass is 9.70. The molecule has 0 atom stereocenters. The first kappa shape index (κ1) is 17.6. The van der Waals surface area contributed by atoms with E-state index in [0.717, 1.165) is 5.69 Å². The minimum atomic E-state index is -0.289. The molecule has 1 spiro atoms. The highest BCUT2D eigenvalue weighted by molar-refractivity contribution is 5.99. The van der Waals surface area contributed by atoms with Crippen LogP contribution in [0, 0.1) is 0 Å². The smallest absolute Gasteiger partial charge is 0.0725 e. The van der Waals surface area contributed by atoms with E-state index in [1.807, 2.05) is 12.1 Å². The maximum atomic E-state index is 5.99. The van der Waals surface area contributed by atoms with E-state index in [2.05, 4.69) is 103 Å². The number of anilines is 1. The van der Waals surface area contributed by atoms with Gasteiger partial charge in [0.1, 0.15) is 0 Å². The minimum absolute atomic E-state index is 0.289. The number of hydrogen-bond donors (Lipinski definition) is 1. The van der Waals surface area contributed by atoms with Crippen LogP contribution in [0.2, 0.25) is 0 Å². The monoisotopic (exact) mass is 407 g/mol. The van der Waals surface area contributed by atoms with Gasteiger partial charge in [-0.2, -0.15) is 0 Å². The zero-order valence-electron chi connectivity index (χ0n) is 17.5. The molecule has 0 saturated carbocycles. The highest BCUT2D eigenvalue weighted by atomic mass is 14.5. The average Bonchev–Trinajstić information content (AvgIpc) is 3.32. The number of fused-ring (bicyclic) bond motifs is 10. The van der Waals surface area contributed by atoms with Crippen LogP contribution in [0.4, 0.5) is 5.69 Å². The van der Waals surface area contributed by atoms with Gasteiger partial charge in [0.25, 0.3) is 0 Å². The molecular formula is C31H21N. The molecule has 32 heavy (non-hydrogen) atoms. The molecule has 0 bridgehead atoms. The van der Waals surface area contributed by atoms with Gasteiger partial charge < -0.3 is 5.73 Å². The molecule has 0 radical (unpaired) electrons. The zero-order chi connectivity index (χ0) is 21.3. The topological polar surface area (TPSA) is 26.0 Å². The Balaban J connectivity index is 1.66. The summed E-state index contributed by atoms with van der Waals surface area (Å²) in [6.45, 7) is 0. The molecule has 2 aliphatic rings. The van der Waals surface area contributed by atoms with Crippen molar-refractivity contribution in [2.75, 3.05) is 5.73 Å². The lowest BCUT2D eigenvalue weighted by Gasteiger charge is -2.30. The van der Waals surface area contributed by atoms with E-state index in [-0.39, 0.29) is 5.41 Å². The standard InChI is InChI=1S/C31H21N/c32-21-18-16-20(17-19-21)22-11-7-15-29-30(22)25-10-3-6-14-28(25)31(29)26-12-4-1-8-23(26)24-9-2-5-13-27(24)31/h1-19H,32H2. The quantitative estimate of drug-likeness (QED) is 0.284. The van der Waals surface area contributed by atoms with Crippen molar-refractivity contribution >= 4 is 5.69 Å². The van der Waals surface area contributed by atoms with E-state index in [4.69, 9.17) is 5.73 Å². The van der Waals surface area contributed by atoms with Crippen LogP contribution >= 0.6 is 0 Å². The number of nitrogen functional groups attached to an aromatic ring is 1. The largest absolute Gasteiger partial charge is 0.399 e. The van der Waals surface area contributed by atoms with Gasteiger partial charge in [-0.3, -0.25) is 0 Å². The van der Waals surface area contributed by atoms with Crippen LogP contribution in [0.15, 0.2) is 115 Å². The second-order valence-corrected chi connectivity index (χ2v) is 8.74. The SMILES string of the molecule is Nc1ccc(-c2cccc3c2-c2ccccc2C32c3ccccc3-c3ccccc32)cc1. The summed E-state index contributed by atoms with van der Waals surface area (Å²) in [4.78, 5) is 0. The first-order valence-corrected chi connectivity index (χ1v) is 11.1. The number of hydrogen-bond acceptors (Lipinski definition) is 1. The molecule has 1 nitrogen and oxygen atoms in total. The summed E-state index contributed by atoms with van der Waals surface area (Å²) >= 11 is 0. The first-order chi connectivity index (χ1) is 15.8. The Bertz CT molecular complexity index is 1480. The molecule has 0 heterocycles. The van der Waals surface area contributed by atoms with Crippen molar-refractivity contribution in [2.45, 2.75) is 5.41 Å². The number of benzene rings is 5. The van der Waals surface area contributed by atoms with E-state index in [1.54, 1.807) is 0 Å². The highest BCUT2D eigenvalue weighted by Gasteiger charge is 2.51. The fourth-order valence-electron chi connectivity index (χ4n) is 6.05. The van der Waals surface area contributed by atoms with Crippen molar-refractivity contribution in [1.82, 2.24) is 0 Å². The zero-order valence-corrected chi connectivity index (χ0v) is 17.5. The van der Waals surface area contributed by atoms with Gasteiger partial charge in [-0.15, -0.1) is 0 Å². The van der Waals surface area contributed by atoms with Crippen molar-refractivity contribution in [2.24, 2.45) is 0 Å². The third-order valence-corrected chi connectivity index (χ3v) is 7.24. The lowest BCUT2D eigenvalue weighted by molar-refractivity contribution is 0.794. The third-order valence-electron chi connectivity index (χ3n) is 7.24. The second-order valence-electron chi connectivity index (χ2n) is 8.74.